The molecule has 0 atom stereocenters. The summed E-state index contributed by atoms with van der Waals surface area (Å²) in [6, 6.07) is 14.9. The molecule has 0 unspecified atom stereocenters. The Morgan fingerprint density at radius 3 is 2.57 bits per heavy atom. The molecule has 0 saturated heterocycles. The van der Waals surface area contributed by atoms with Gasteiger partial charge in [0.15, 0.2) is 5.82 Å². The van der Waals surface area contributed by atoms with Crippen LogP contribution in [-0.4, -0.2) is 48.6 Å². The first-order valence-electron chi connectivity index (χ1n) is 12.3. The van der Waals surface area contributed by atoms with Gasteiger partial charge in [-0.05, 0) is 61.0 Å². The molecule has 11 nitrogen and oxygen atoms in total. The Labute approximate surface area is 254 Å². The Kier molecular flexibility index (Phi) is 8.22. The zero-order valence-corrected chi connectivity index (χ0v) is 24.3. The van der Waals surface area contributed by atoms with Crippen molar-refractivity contribution in [3.63, 3.8) is 0 Å². The van der Waals surface area contributed by atoms with Gasteiger partial charge in [0.1, 0.15) is 11.4 Å². The predicted molar refractivity (Wildman–Crippen MR) is 158 cm³/mol. The van der Waals surface area contributed by atoms with Crippen molar-refractivity contribution in [2.45, 2.75) is 13.5 Å². The number of aryl methyl sites for hydroxylation is 1. The maximum absolute atomic E-state index is 13.7. The average Bonchev–Trinajstić information content (AvgIpc) is 3.61. The highest BCUT2D eigenvalue weighted by Gasteiger charge is 2.23. The summed E-state index contributed by atoms with van der Waals surface area (Å²) in [6.45, 7) is 1.84. The van der Waals surface area contributed by atoms with E-state index in [1.807, 2.05) is 6.07 Å². The van der Waals surface area contributed by atoms with Crippen molar-refractivity contribution < 1.29 is 9.59 Å². The minimum absolute atomic E-state index is 0.0956. The van der Waals surface area contributed by atoms with Gasteiger partial charge < -0.3 is 10.6 Å². The summed E-state index contributed by atoms with van der Waals surface area (Å²) in [5.74, 6) is -0.818. The molecule has 2 amide bonds. The third kappa shape index (κ3) is 5.82. The number of benzene rings is 2. The van der Waals surface area contributed by atoms with E-state index in [9.17, 15) is 14.9 Å². The van der Waals surface area contributed by atoms with E-state index >= 15 is 0 Å². The van der Waals surface area contributed by atoms with Crippen LogP contribution in [0.5, 0.6) is 0 Å². The number of rotatable bonds is 7. The molecule has 0 aliphatic rings. The quantitative estimate of drug-likeness (QED) is 0.250. The fraction of sp³-hybridized carbons (Fsp3) is 0.107. The molecule has 0 radical (unpaired) electrons. The first-order chi connectivity index (χ1) is 20.2. The Morgan fingerprint density at radius 1 is 1.05 bits per heavy atom. The maximum atomic E-state index is 13.7. The Balaban J connectivity index is 1.52. The lowest BCUT2D eigenvalue weighted by Crippen LogP contribution is -2.24. The SMILES string of the molecule is CNC(=O)c1cc(C#N)cc(C)c1NC(=O)c1cc(Cn2cc(-c3ccc(Cl)cc3Cl)nn2)nn1-c1ncccc1Cl. The second-order valence-corrected chi connectivity index (χ2v) is 10.3. The number of halogens is 3. The van der Waals surface area contributed by atoms with E-state index in [1.54, 1.807) is 60.3 Å². The maximum Gasteiger partial charge on any atom is 0.274 e. The second-order valence-electron chi connectivity index (χ2n) is 9.03. The van der Waals surface area contributed by atoms with Crippen LogP contribution in [0.4, 0.5) is 5.69 Å². The van der Waals surface area contributed by atoms with Crippen LogP contribution < -0.4 is 10.6 Å². The van der Waals surface area contributed by atoms with E-state index in [0.717, 1.165) is 0 Å². The molecule has 210 valence electrons. The number of nitrogens with one attached hydrogen (secondary N) is 2. The zero-order chi connectivity index (χ0) is 30.0. The number of hydrogen-bond donors (Lipinski definition) is 2. The summed E-state index contributed by atoms with van der Waals surface area (Å²) in [5.41, 5.74) is 2.92. The van der Waals surface area contributed by atoms with Gasteiger partial charge >= 0.3 is 0 Å². The van der Waals surface area contributed by atoms with E-state index in [4.69, 9.17) is 34.8 Å². The molecule has 5 aromatic rings. The van der Waals surface area contributed by atoms with Gasteiger partial charge in [-0.1, -0.05) is 40.0 Å². The fourth-order valence-corrected chi connectivity index (χ4v) is 4.94. The van der Waals surface area contributed by atoms with E-state index < -0.39 is 11.8 Å². The number of aromatic nitrogens is 6. The smallest absolute Gasteiger partial charge is 0.274 e. The third-order valence-corrected chi connectivity index (χ3v) is 7.02. The van der Waals surface area contributed by atoms with Crippen LogP contribution in [0.15, 0.2) is 60.9 Å². The largest absolute Gasteiger partial charge is 0.355 e. The van der Waals surface area contributed by atoms with Gasteiger partial charge in [-0.2, -0.15) is 10.4 Å². The van der Waals surface area contributed by atoms with Gasteiger partial charge in [-0.15, -0.1) is 5.10 Å². The van der Waals surface area contributed by atoms with Gasteiger partial charge in [0.05, 0.1) is 51.4 Å². The summed E-state index contributed by atoms with van der Waals surface area (Å²) >= 11 is 18.8. The monoisotopic (exact) mass is 619 g/mol. The second kappa shape index (κ2) is 12.0. The van der Waals surface area contributed by atoms with E-state index in [-0.39, 0.29) is 39.9 Å². The molecule has 0 aliphatic carbocycles. The van der Waals surface area contributed by atoms with Crippen LogP contribution in [0.2, 0.25) is 15.1 Å². The van der Waals surface area contributed by atoms with Crippen LogP contribution in [-0.2, 0) is 6.54 Å². The molecule has 3 aromatic heterocycles. The van der Waals surface area contributed by atoms with Gasteiger partial charge in [-0.3, -0.25) is 9.59 Å². The van der Waals surface area contributed by atoms with Crippen LogP contribution >= 0.6 is 34.8 Å². The summed E-state index contributed by atoms with van der Waals surface area (Å²) in [7, 11) is 1.46. The van der Waals surface area contributed by atoms with Gasteiger partial charge in [0.2, 0.25) is 0 Å². The molecule has 0 aliphatic heterocycles. The summed E-state index contributed by atoms with van der Waals surface area (Å²) in [5, 5.41) is 28.9. The number of carbonyl (C=O) groups excluding carboxylic acids is 2. The summed E-state index contributed by atoms with van der Waals surface area (Å²) in [4.78, 5) is 30.6. The lowest BCUT2D eigenvalue weighted by Gasteiger charge is -2.14. The van der Waals surface area contributed by atoms with Crippen molar-refractivity contribution in [3.8, 4) is 23.1 Å². The molecule has 42 heavy (non-hydrogen) atoms. The lowest BCUT2D eigenvalue weighted by molar-refractivity contribution is 0.0964. The standard InChI is InChI=1S/C28H20Cl3N9O2/c1-15-8-16(12-32)9-20(27(41)33-2)25(15)35-28(42)24-11-18(37-40(24)26-21(30)4-3-7-34-26)13-39-14-23(36-38-39)19-6-5-17(29)10-22(19)31/h3-11,14H,13H2,1-2H3,(H,33,41)(H,35,42). The van der Waals surface area contributed by atoms with Crippen molar-refractivity contribution >= 4 is 52.3 Å². The van der Waals surface area contributed by atoms with E-state index in [0.29, 0.717) is 32.6 Å². The molecule has 0 spiro atoms. The molecule has 0 fully saturated rings. The predicted octanol–water partition coefficient (Wildman–Crippen LogP) is 5.33. The molecule has 0 bridgehead atoms. The van der Waals surface area contributed by atoms with Gasteiger partial charge in [0.25, 0.3) is 11.8 Å². The Bertz CT molecular complexity index is 1890. The van der Waals surface area contributed by atoms with E-state index in [1.165, 1.54) is 24.0 Å². The highest BCUT2D eigenvalue weighted by molar-refractivity contribution is 6.36. The average molecular weight is 621 g/mol. The molecule has 5 rings (SSSR count). The van der Waals surface area contributed by atoms with Crippen LogP contribution in [0, 0.1) is 18.3 Å². The summed E-state index contributed by atoms with van der Waals surface area (Å²) < 4.78 is 2.86. The topological polar surface area (TPSA) is 143 Å². The minimum Gasteiger partial charge on any atom is -0.355 e. The van der Waals surface area contributed by atoms with Crippen LogP contribution in [0.25, 0.3) is 17.1 Å². The van der Waals surface area contributed by atoms with Crippen molar-refractivity contribution in [3.05, 3.63) is 104 Å². The number of anilines is 1. The molecule has 3 heterocycles. The third-order valence-electron chi connectivity index (χ3n) is 6.18. The number of carbonyl (C=O) groups is 2. The molecular weight excluding hydrogens is 601 g/mol. The Morgan fingerprint density at radius 2 is 1.86 bits per heavy atom. The molecule has 2 aromatic carbocycles. The van der Waals surface area contributed by atoms with Gasteiger partial charge in [-0.25, -0.2) is 14.3 Å². The van der Waals surface area contributed by atoms with Crippen LogP contribution in [0.1, 0.15) is 37.7 Å². The van der Waals surface area contributed by atoms with Crippen molar-refractivity contribution in [2.24, 2.45) is 0 Å². The zero-order valence-electron chi connectivity index (χ0n) is 22.1. The molecule has 2 N–H and O–H groups in total. The molecular formula is C28H20Cl3N9O2. The Hall–Kier alpha value is -4.76. The molecule has 0 saturated carbocycles. The number of nitriles is 1. The fourth-order valence-electron chi connectivity index (χ4n) is 4.24. The number of hydrogen-bond acceptors (Lipinski definition) is 7. The lowest BCUT2D eigenvalue weighted by atomic mass is 10.0. The highest BCUT2D eigenvalue weighted by atomic mass is 35.5. The van der Waals surface area contributed by atoms with Crippen molar-refractivity contribution in [1.29, 1.82) is 5.26 Å². The van der Waals surface area contributed by atoms with Crippen LogP contribution in [0.3, 0.4) is 0 Å². The van der Waals surface area contributed by atoms with E-state index in [2.05, 4.69) is 31.0 Å². The van der Waals surface area contributed by atoms with Crippen molar-refractivity contribution in [2.75, 3.05) is 12.4 Å². The summed E-state index contributed by atoms with van der Waals surface area (Å²) in [6.07, 6.45) is 3.22. The molecule has 14 heteroatoms. The number of pyridine rings is 1. The highest BCUT2D eigenvalue weighted by Crippen LogP contribution is 2.29. The van der Waals surface area contributed by atoms with Gasteiger partial charge in [0, 0.05) is 23.8 Å². The number of amides is 2. The normalized spacial score (nSPS) is 10.8. The first kappa shape index (κ1) is 28.8. The number of nitrogens with zero attached hydrogens (tertiary/aromatic N) is 7. The minimum atomic E-state index is -0.583. The first-order valence-corrected chi connectivity index (χ1v) is 13.5. The van der Waals surface area contributed by atoms with Crippen molar-refractivity contribution in [1.82, 2.24) is 35.1 Å².